The minimum absolute atomic E-state index is 0.0628. The van der Waals surface area contributed by atoms with Crippen LogP contribution in [0.5, 0.6) is 5.75 Å². The number of carbonyl (C=O) groups excluding carboxylic acids is 1. The highest BCUT2D eigenvalue weighted by molar-refractivity contribution is 7.99. The molecule has 0 fully saturated rings. The van der Waals surface area contributed by atoms with E-state index in [1.165, 1.54) is 28.5 Å². The molecule has 4 aromatic rings. The highest BCUT2D eigenvalue weighted by atomic mass is 32.2. The first kappa shape index (κ1) is 18.8. The number of hydrogen-bond acceptors (Lipinski definition) is 5. The van der Waals surface area contributed by atoms with Crippen molar-refractivity contribution in [1.82, 2.24) is 9.55 Å². The summed E-state index contributed by atoms with van der Waals surface area (Å²) in [4.78, 5) is 30.1. The van der Waals surface area contributed by atoms with E-state index in [-0.39, 0.29) is 23.0 Å². The van der Waals surface area contributed by atoms with Crippen LogP contribution in [-0.4, -0.2) is 26.3 Å². The quantitative estimate of drug-likeness (QED) is 0.391. The van der Waals surface area contributed by atoms with Gasteiger partial charge in [0.2, 0.25) is 5.91 Å². The van der Waals surface area contributed by atoms with E-state index in [0.717, 1.165) is 0 Å². The molecule has 1 aromatic heterocycles. The number of nitrogens with one attached hydrogen (secondary N) is 1. The third kappa shape index (κ3) is 4.14. The average molecular weight is 403 g/mol. The molecule has 0 spiro atoms. The average Bonchev–Trinajstić information content (AvgIpc) is 2.73. The number of rotatable bonds is 5. The molecule has 3 aromatic carbocycles. The van der Waals surface area contributed by atoms with Crippen LogP contribution in [0, 0.1) is 0 Å². The summed E-state index contributed by atoms with van der Waals surface area (Å²) in [5.41, 5.74) is 1.59. The minimum Gasteiger partial charge on any atom is -0.508 e. The van der Waals surface area contributed by atoms with E-state index in [1.54, 1.807) is 30.3 Å². The van der Waals surface area contributed by atoms with Crippen LogP contribution in [0.4, 0.5) is 5.69 Å². The fourth-order valence-electron chi connectivity index (χ4n) is 2.92. The fraction of sp³-hybridized carbons (Fsp3) is 0.0455. The molecule has 0 aliphatic carbocycles. The predicted octanol–water partition coefficient (Wildman–Crippen LogP) is 3.82. The Balaban J connectivity index is 1.66. The number of anilines is 1. The lowest BCUT2D eigenvalue weighted by Gasteiger charge is -2.13. The zero-order valence-electron chi connectivity index (χ0n) is 15.3. The molecule has 0 radical (unpaired) electrons. The Labute approximate surface area is 170 Å². The first-order valence-electron chi connectivity index (χ1n) is 8.91. The van der Waals surface area contributed by atoms with Gasteiger partial charge in [-0.05, 0) is 36.4 Å². The summed E-state index contributed by atoms with van der Waals surface area (Å²) < 4.78 is 1.52. The lowest BCUT2D eigenvalue weighted by molar-refractivity contribution is -0.113. The first-order valence-corrected chi connectivity index (χ1v) is 9.89. The van der Waals surface area contributed by atoms with Crippen LogP contribution >= 0.6 is 11.8 Å². The number of phenols is 1. The second kappa shape index (κ2) is 8.20. The molecule has 0 saturated heterocycles. The zero-order chi connectivity index (χ0) is 20.2. The first-order chi connectivity index (χ1) is 14.1. The van der Waals surface area contributed by atoms with Gasteiger partial charge in [-0.2, -0.15) is 0 Å². The predicted molar refractivity (Wildman–Crippen MR) is 115 cm³/mol. The monoisotopic (exact) mass is 403 g/mol. The topological polar surface area (TPSA) is 84.2 Å². The summed E-state index contributed by atoms with van der Waals surface area (Å²) in [5.74, 6) is -0.125. The largest absolute Gasteiger partial charge is 0.508 e. The number of fused-ring (bicyclic) bond motifs is 1. The van der Waals surface area contributed by atoms with Gasteiger partial charge in [-0.3, -0.25) is 14.2 Å². The molecule has 0 atom stereocenters. The SMILES string of the molecule is O=C(CSc1nc2ccccc2c(=O)n1-c1ccccc1)Nc1cccc(O)c1. The van der Waals surface area contributed by atoms with Crippen molar-refractivity contribution in [2.45, 2.75) is 5.16 Å². The van der Waals surface area contributed by atoms with Crippen molar-refractivity contribution >= 4 is 34.3 Å². The second-order valence-electron chi connectivity index (χ2n) is 6.27. The molecular formula is C22H17N3O3S. The summed E-state index contributed by atoms with van der Waals surface area (Å²) in [5, 5.41) is 13.2. The number of para-hydroxylation sites is 2. The van der Waals surface area contributed by atoms with Crippen molar-refractivity contribution in [1.29, 1.82) is 0 Å². The zero-order valence-corrected chi connectivity index (χ0v) is 16.1. The number of aromatic nitrogens is 2. The normalized spacial score (nSPS) is 10.8. The van der Waals surface area contributed by atoms with Crippen molar-refractivity contribution in [3.05, 3.63) is 89.2 Å². The molecular weight excluding hydrogens is 386 g/mol. The molecule has 6 nitrogen and oxygen atoms in total. The lowest BCUT2D eigenvalue weighted by Crippen LogP contribution is -2.22. The summed E-state index contributed by atoms with van der Waals surface area (Å²) in [6, 6.07) is 22.7. The van der Waals surface area contributed by atoms with E-state index >= 15 is 0 Å². The highest BCUT2D eigenvalue weighted by Gasteiger charge is 2.14. The fourth-order valence-corrected chi connectivity index (χ4v) is 3.74. The van der Waals surface area contributed by atoms with Gasteiger partial charge in [-0.1, -0.05) is 48.2 Å². The van der Waals surface area contributed by atoms with Gasteiger partial charge in [0.15, 0.2) is 5.16 Å². The molecule has 4 rings (SSSR count). The van der Waals surface area contributed by atoms with E-state index in [4.69, 9.17) is 0 Å². The highest BCUT2D eigenvalue weighted by Crippen LogP contribution is 2.22. The third-order valence-corrected chi connectivity index (χ3v) is 5.16. The van der Waals surface area contributed by atoms with Crippen molar-refractivity contribution < 1.29 is 9.90 Å². The molecule has 29 heavy (non-hydrogen) atoms. The van der Waals surface area contributed by atoms with Gasteiger partial charge in [0.1, 0.15) is 5.75 Å². The van der Waals surface area contributed by atoms with Gasteiger partial charge in [-0.15, -0.1) is 0 Å². The Morgan fingerprint density at radius 2 is 1.76 bits per heavy atom. The van der Waals surface area contributed by atoms with E-state index in [1.807, 2.05) is 36.4 Å². The number of hydrogen-bond donors (Lipinski definition) is 2. The maximum absolute atomic E-state index is 13.1. The number of thioether (sulfide) groups is 1. The van der Waals surface area contributed by atoms with Crippen LogP contribution in [0.1, 0.15) is 0 Å². The molecule has 0 bridgehead atoms. The molecule has 7 heteroatoms. The van der Waals surface area contributed by atoms with E-state index < -0.39 is 0 Å². The molecule has 2 N–H and O–H groups in total. The number of benzene rings is 3. The van der Waals surface area contributed by atoms with Crippen molar-refractivity contribution in [3.63, 3.8) is 0 Å². The van der Waals surface area contributed by atoms with Gasteiger partial charge in [0, 0.05) is 11.8 Å². The number of amides is 1. The van der Waals surface area contributed by atoms with Gasteiger partial charge < -0.3 is 10.4 Å². The van der Waals surface area contributed by atoms with Crippen molar-refractivity contribution in [2.24, 2.45) is 0 Å². The standard InChI is InChI=1S/C22H17N3O3S/c26-17-10-6-7-15(13-17)23-20(27)14-29-22-24-19-12-5-4-11-18(19)21(28)25(22)16-8-2-1-3-9-16/h1-13,26H,14H2,(H,23,27). The summed E-state index contributed by atoms with van der Waals surface area (Å²) >= 11 is 1.18. The summed E-state index contributed by atoms with van der Waals surface area (Å²) in [6.07, 6.45) is 0. The maximum atomic E-state index is 13.1. The van der Waals surface area contributed by atoms with Crippen LogP contribution in [0.3, 0.4) is 0 Å². The Kier molecular flexibility index (Phi) is 5.31. The number of nitrogens with zero attached hydrogens (tertiary/aromatic N) is 2. The smallest absolute Gasteiger partial charge is 0.266 e. The molecule has 144 valence electrons. The minimum atomic E-state index is -0.261. The Morgan fingerprint density at radius 1 is 1.00 bits per heavy atom. The Morgan fingerprint density at radius 3 is 2.55 bits per heavy atom. The molecule has 1 amide bonds. The van der Waals surface area contributed by atoms with Crippen molar-refractivity contribution in [2.75, 3.05) is 11.1 Å². The van der Waals surface area contributed by atoms with E-state index in [0.29, 0.717) is 27.4 Å². The molecule has 0 aliphatic rings. The van der Waals surface area contributed by atoms with Crippen LogP contribution in [0.2, 0.25) is 0 Å². The van der Waals surface area contributed by atoms with Crippen LogP contribution in [0.25, 0.3) is 16.6 Å². The third-order valence-electron chi connectivity index (χ3n) is 4.22. The van der Waals surface area contributed by atoms with Crippen LogP contribution < -0.4 is 10.9 Å². The van der Waals surface area contributed by atoms with Crippen molar-refractivity contribution in [3.8, 4) is 11.4 Å². The lowest BCUT2D eigenvalue weighted by atomic mass is 10.2. The molecule has 1 heterocycles. The molecule has 0 aliphatic heterocycles. The summed E-state index contributed by atoms with van der Waals surface area (Å²) in [7, 11) is 0. The maximum Gasteiger partial charge on any atom is 0.266 e. The van der Waals surface area contributed by atoms with Gasteiger partial charge in [0.25, 0.3) is 5.56 Å². The Hall–Kier alpha value is -3.58. The summed E-state index contributed by atoms with van der Waals surface area (Å²) in [6.45, 7) is 0. The number of carbonyl (C=O) groups is 1. The number of phenolic OH excluding ortho intramolecular Hbond substituents is 1. The van der Waals surface area contributed by atoms with E-state index in [2.05, 4.69) is 10.3 Å². The van der Waals surface area contributed by atoms with Crippen LogP contribution in [0.15, 0.2) is 88.8 Å². The van der Waals surface area contributed by atoms with Crippen LogP contribution in [-0.2, 0) is 4.79 Å². The van der Waals surface area contributed by atoms with Gasteiger partial charge in [0.05, 0.1) is 22.3 Å². The van der Waals surface area contributed by atoms with E-state index in [9.17, 15) is 14.7 Å². The second-order valence-corrected chi connectivity index (χ2v) is 7.22. The number of aromatic hydroxyl groups is 1. The van der Waals surface area contributed by atoms with Gasteiger partial charge >= 0.3 is 0 Å². The van der Waals surface area contributed by atoms with Gasteiger partial charge in [-0.25, -0.2) is 4.98 Å². The molecule has 0 saturated carbocycles. The molecule has 0 unspecified atom stereocenters. The Bertz CT molecular complexity index is 1240.